The Morgan fingerprint density at radius 1 is 0.571 bits per heavy atom. The first-order valence-corrected chi connectivity index (χ1v) is 11.4. The summed E-state index contributed by atoms with van der Waals surface area (Å²) in [6.45, 7) is 0. The number of rotatable bonds is 5. The molecule has 35 heavy (non-hydrogen) atoms. The molecule has 0 heterocycles. The highest BCUT2D eigenvalue weighted by molar-refractivity contribution is 9.10. The number of anilines is 3. The lowest BCUT2D eigenvalue weighted by Gasteiger charge is -2.25. The summed E-state index contributed by atoms with van der Waals surface area (Å²) >= 11 is 6.79. The van der Waals surface area contributed by atoms with E-state index in [-0.39, 0.29) is 5.75 Å². The molecule has 0 unspecified atom stereocenters. The van der Waals surface area contributed by atoms with Crippen LogP contribution < -0.4 is 9.64 Å². The molecule has 178 valence electrons. The maximum Gasteiger partial charge on any atom is 0.349 e. The van der Waals surface area contributed by atoms with Crippen molar-refractivity contribution in [2.45, 2.75) is 0 Å². The third-order valence-corrected chi connectivity index (χ3v) is 5.95. The summed E-state index contributed by atoms with van der Waals surface area (Å²) in [4.78, 5) is 14.1. The van der Waals surface area contributed by atoms with E-state index in [2.05, 4.69) is 31.9 Å². The molecule has 0 aromatic heterocycles. The van der Waals surface area contributed by atoms with Gasteiger partial charge in [-0.15, -0.1) is 0 Å². The van der Waals surface area contributed by atoms with Crippen LogP contribution in [0.2, 0.25) is 0 Å². The number of nitrogens with zero attached hydrogens (tertiary/aromatic N) is 1. The van der Waals surface area contributed by atoms with Crippen LogP contribution in [0, 0.1) is 29.1 Å². The standard InChI is InChI=1S/C25H12Br2F5NO2/c26-13-1-5-15(6-2-13)33(16-7-3-14(27)4-8-16)17-9-11-18(12-10-17)35-25(34)19-20(28)22(30)24(32)23(31)21(19)29/h1-12H. The summed E-state index contributed by atoms with van der Waals surface area (Å²) in [5, 5.41) is 0. The van der Waals surface area contributed by atoms with Gasteiger partial charge in [0.25, 0.3) is 0 Å². The normalized spacial score (nSPS) is 10.8. The number of ether oxygens (including phenoxy) is 1. The molecule has 4 aromatic carbocycles. The van der Waals surface area contributed by atoms with E-state index < -0.39 is 40.6 Å². The predicted molar refractivity (Wildman–Crippen MR) is 128 cm³/mol. The van der Waals surface area contributed by atoms with Crippen LogP contribution in [0.1, 0.15) is 10.4 Å². The molecule has 0 atom stereocenters. The first kappa shape index (κ1) is 24.9. The number of benzene rings is 4. The summed E-state index contributed by atoms with van der Waals surface area (Å²) in [5.74, 6) is -13.2. The van der Waals surface area contributed by atoms with Crippen molar-refractivity contribution in [2.75, 3.05) is 4.90 Å². The van der Waals surface area contributed by atoms with Gasteiger partial charge in [0.05, 0.1) is 0 Å². The fraction of sp³-hybridized carbons (Fsp3) is 0. The minimum atomic E-state index is -2.36. The topological polar surface area (TPSA) is 29.5 Å². The van der Waals surface area contributed by atoms with Crippen LogP contribution in [-0.4, -0.2) is 5.97 Å². The molecule has 0 aliphatic rings. The van der Waals surface area contributed by atoms with E-state index in [1.54, 1.807) is 12.1 Å². The molecule has 0 saturated heterocycles. The Balaban J connectivity index is 1.66. The molecule has 3 nitrogen and oxygen atoms in total. The summed E-state index contributed by atoms with van der Waals surface area (Å²) in [7, 11) is 0. The average molecular weight is 613 g/mol. The average Bonchev–Trinajstić information content (AvgIpc) is 2.85. The van der Waals surface area contributed by atoms with Gasteiger partial charge in [-0.25, -0.2) is 26.7 Å². The zero-order valence-electron chi connectivity index (χ0n) is 17.3. The van der Waals surface area contributed by atoms with Gasteiger partial charge in [-0.3, -0.25) is 0 Å². The Labute approximate surface area is 213 Å². The second kappa shape index (κ2) is 10.2. The van der Waals surface area contributed by atoms with Crippen molar-refractivity contribution < 1.29 is 31.5 Å². The number of hydrogen-bond acceptors (Lipinski definition) is 3. The van der Waals surface area contributed by atoms with Crippen molar-refractivity contribution in [1.82, 2.24) is 0 Å². The van der Waals surface area contributed by atoms with Gasteiger partial charge in [0.2, 0.25) is 5.82 Å². The Bertz CT molecular complexity index is 1320. The molecule has 0 bridgehead atoms. The van der Waals surface area contributed by atoms with Gasteiger partial charge < -0.3 is 9.64 Å². The van der Waals surface area contributed by atoms with Crippen LogP contribution in [-0.2, 0) is 0 Å². The molecular formula is C25H12Br2F5NO2. The number of halogens is 7. The number of hydrogen-bond donors (Lipinski definition) is 0. The Morgan fingerprint density at radius 3 is 1.31 bits per heavy atom. The van der Waals surface area contributed by atoms with E-state index in [1.165, 1.54) is 12.1 Å². The van der Waals surface area contributed by atoms with Crippen LogP contribution in [0.15, 0.2) is 81.7 Å². The minimum absolute atomic E-state index is 0.158. The summed E-state index contributed by atoms with van der Waals surface area (Å²) in [6, 6.07) is 20.8. The van der Waals surface area contributed by atoms with Gasteiger partial charge in [-0.05, 0) is 72.8 Å². The molecule has 4 rings (SSSR count). The quantitative estimate of drug-likeness (QED) is 0.0743. The maximum atomic E-state index is 13.9. The summed E-state index contributed by atoms with van der Waals surface area (Å²) in [6.07, 6.45) is 0. The monoisotopic (exact) mass is 611 g/mol. The zero-order valence-corrected chi connectivity index (χ0v) is 20.5. The molecule has 0 spiro atoms. The van der Waals surface area contributed by atoms with E-state index >= 15 is 0 Å². The van der Waals surface area contributed by atoms with E-state index in [0.717, 1.165) is 20.3 Å². The van der Waals surface area contributed by atoms with Gasteiger partial charge in [0.1, 0.15) is 11.3 Å². The molecular weight excluding hydrogens is 601 g/mol. The summed E-state index contributed by atoms with van der Waals surface area (Å²) in [5.41, 5.74) is 0.589. The number of carbonyl (C=O) groups is 1. The molecule has 0 fully saturated rings. The van der Waals surface area contributed by atoms with E-state index in [1.807, 2.05) is 53.4 Å². The van der Waals surface area contributed by atoms with Crippen molar-refractivity contribution in [3.8, 4) is 5.75 Å². The van der Waals surface area contributed by atoms with Crippen LogP contribution in [0.25, 0.3) is 0 Å². The third-order valence-electron chi connectivity index (χ3n) is 4.89. The first-order valence-electron chi connectivity index (χ1n) is 9.82. The van der Waals surface area contributed by atoms with Crippen LogP contribution in [0.3, 0.4) is 0 Å². The van der Waals surface area contributed by atoms with Gasteiger partial charge in [-0.2, -0.15) is 0 Å². The van der Waals surface area contributed by atoms with E-state index in [4.69, 9.17) is 4.74 Å². The lowest BCUT2D eigenvalue weighted by molar-refractivity contribution is 0.0721. The lowest BCUT2D eigenvalue weighted by atomic mass is 10.1. The van der Waals surface area contributed by atoms with E-state index in [9.17, 15) is 26.7 Å². The number of carbonyl (C=O) groups excluding carboxylic acids is 1. The fourth-order valence-electron chi connectivity index (χ4n) is 3.23. The third kappa shape index (κ3) is 5.08. The van der Waals surface area contributed by atoms with Crippen molar-refractivity contribution in [3.63, 3.8) is 0 Å². The smallest absolute Gasteiger partial charge is 0.349 e. The fourth-order valence-corrected chi connectivity index (χ4v) is 3.76. The highest BCUT2D eigenvalue weighted by atomic mass is 79.9. The second-order valence-electron chi connectivity index (χ2n) is 7.12. The highest BCUT2D eigenvalue weighted by Crippen LogP contribution is 2.36. The molecule has 0 amide bonds. The molecule has 4 aromatic rings. The maximum absolute atomic E-state index is 13.9. The SMILES string of the molecule is O=C(Oc1ccc(N(c2ccc(Br)cc2)c2ccc(Br)cc2)cc1)c1c(F)c(F)c(F)c(F)c1F. The van der Waals surface area contributed by atoms with Crippen molar-refractivity contribution in [1.29, 1.82) is 0 Å². The van der Waals surface area contributed by atoms with Gasteiger partial charge in [0.15, 0.2) is 23.3 Å². The van der Waals surface area contributed by atoms with Crippen LogP contribution in [0.4, 0.5) is 39.0 Å². The Hall–Kier alpha value is -3.24. The molecule has 0 saturated carbocycles. The minimum Gasteiger partial charge on any atom is -0.423 e. The van der Waals surface area contributed by atoms with Crippen molar-refractivity contribution in [2.24, 2.45) is 0 Å². The van der Waals surface area contributed by atoms with E-state index in [0.29, 0.717) is 5.69 Å². The predicted octanol–water partition coefficient (Wildman–Crippen LogP) is 8.60. The molecule has 0 aliphatic carbocycles. The van der Waals surface area contributed by atoms with Gasteiger partial charge in [-0.1, -0.05) is 31.9 Å². The van der Waals surface area contributed by atoms with Crippen LogP contribution in [0.5, 0.6) is 5.75 Å². The van der Waals surface area contributed by atoms with Crippen LogP contribution >= 0.6 is 31.9 Å². The molecule has 0 aliphatic heterocycles. The Kier molecular flexibility index (Phi) is 7.23. The lowest BCUT2D eigenvalue weighted by Crippen LogP contribution is -2.17. The van der Waals surface area contributed by atoms with Gasteiger partial charge in [0, 0.05) is 26.0 Å². The molecule has 0 N–H and O–H groups in total. The molecule has 0 radical (unpaired) electrons. The Morgan fingerprint density at radius 2 is 0.914 bits per heavy atom. The largest absolute Gasteiger partial charge is 0.423 e. The second-order valence-corrected chi connectivity index (χ2v) is 8.95. The number of esters is 1. The van der Waals surface area contributed by atoms with Crippen molar-refractivity contribution >= 4 is 54.9 Å². The first-order chi connectivity index (χ1) is 16.7. The highest BCUT2D eigenvalue weighted by Gasteiger charge is 2.31. The van der Waals surface area contributed by atoms with Gasteiger partial charge >= 0.3 is 5.97 Å². The van der Waals surface area contributed by atoms with Crippen molar-refractivity contribution in [3.05, 3.63) is 116 Å². The zero-order chi connectivity index (χ0) is 25.3. The molecule has 10 heteroatoms. The summed E-state index contributed by atoms with van der Waals surface area (Å²) < 4.78 is 74.6.